The fourth-order valence-corrected chi connectivity index (χ4v) is 9.03. The lowest BCUT2D eigenvalue weighted by Crippen LogP contribution is -2.62. The largest absolute Gasteiger partial charge is 0.391 e. The highest BCUT2D eigenvalue weighted by molar-refractivity contribution is 5.99. The van der Waals surface area contributed by atoms with Crippen molar-refractivity contribution < 1.29 is 67.3 Å². The van der Waals surface area contributed by atoms with E-state index in [4.69, 9.17) is 28.7 Å². The van der Waals surface area contributed by atoms with Gasteiger partial charge < -0.3 is 97.4 Å². The number of rotatable bonds is 29. The van der Waals surface area contributed by atoms with Crippen LogP contribution in [0.3, 0.4) is 0 Å². The number of hydrogen-bond acceptors (Lipinski definition) is 18. The SMILES string of the molecule is CCCCCCCC(=O)N[C@@H](CCN)C(=O)N[C@H](C(=O)N[C@@H](CCN)C(=O)N[C@H]1CCNC(=O)[C@H]([C@@H](C)O)NC(=O)[C@H](CCN)NC(=O)[C@H](CCN)NC(=O)[C@H](CC(C)C)NC(=O)[C@@H](Cc2ccc(F)cc2)NC(=O)[C@@H](CCN)NC1=O)[C@H](C)O. The van der Waals surface area contributed by atoms with Crippen molar-refractivity contribution in [3.8, 4) is 0 Å². The van der Waals surface area contributed by atoms with Crippen LogP contribution in [0.2, 0.25) is 0 Å². The van der Waals surface area contributed by atoms with Crippen molar-refractivity contribution in [2.45, 2.75) is 197 Å². The van der Waals surface area contributed by atoms with Gasteiger partial charge in [0.25, 0.3) is 0 Å². The summed E-state index contributed by atoms with van der Waals surface area (Å²) < 4.78 is 14.1. The number of amides is 11. The van der Waals surface area contributed by atoms with E-state index in [-0.39, 0.29) is 90.0 Å². The fraction of sp³-hybridized carbons (Fsp3) is 0.691. The standard InChI is InChI=1S/C55H95FN16O13/c1-6-7-8-9-10-11-43(75)63-35(16-22-57)50(80)72-45(32(5)74)55(85)68-38(19-25-60)47(77)67-40-21-27-62-54(84)44(31(4)73)71-51(81)39(20-26-61)65-46(76)36(17-23-58)66-52(82)41(28-30(2)3)69-53(83)42(29-33-12-14-34(56)15-13-33)70-48(78)37(18-24-59)64-49(40)79/h12-15,30-32,35-42,44-45,73-74H,6-11,16-29,57-61H2,1-5H3,(H,62,84)(H,63,75)(H,64,79)(H,65,76)(H,66,82)(H,67,77)(H,68,85)(H,69,83)(H,70,78)(H,71,81)(H,72,80)/t31-,32+,35+,36+,37-,38+,39+,40+,41+,42-,44+,45+/m1/s1. The minimum atomic E-state index is -1.71. The van der Waals surface area contributed by atoms with Crippen molar-refractivity contribution in [1.82, 2.24) is 58.5 Å². The van der Waals surface area contributed by atoms with Crippen LogP contribution < -0.4 is 87.2 Å². The molecule has 0 aliphatic carbocycles. The molecule has 1 fully saturated rings. The molecule has 0 bridgehead atoms. The summed E-state index contributed by atoms with van der Waals surface area (Å²) in [5, 5.41) is 49.3. The molecule has 0 spiro atoms. The van der Waals surface area contributed by atoms with Gasteiger partial charge in [-0.1, -0.05) is 58.6 Å². The summed E-state index contributed by atoms with van der Waals surface area (Å²) in [6.45, 7) is 6.63. The summed E-state index contributed by atoms with van der Waals surface area (Å²) in [6, 6.07) is -10.2. The molecule has 1 aliphatic heterocycles. The molecule has 11 amide bonds. The average molecular weight is 1210 g/mol. The Hall–Kier alpha value is -6.96. The molecule has 85 heavy (non-hydrogen) atoms. The number of hydrogen-bond donors (Lipinski definition) is 18. The molecular weight excluding hydrogens is 1110 g/mol. The maximum Gasteiger partial charge on any atom is 0.245 e. The van der Waals surface area contributed by atoms with Gasteiger partial charge in [-0.15, -0.1) is 0 Å². The van der Waals surface area contributed by atoms with E-state index in [9.17, 15) is 67.3 Å². The Labute approximate surface area is 496 Å². The van der Waals surface area contributed by atoms with E-state index in [1.165, 1.54) is 26.0 Å². The first-order valence-corrected chi connectivity index (χ1v) is 29.3. The molecule has 1 aromatic carbocycles. The molecule has 0 radical (unpaired) electrons. The van der Waals surface area contributed by atoms with Crippen LogP contribution in [0.1, 0.15) is 124 Å². The molecule has 2 rings (SSSR count). The lowest BCUT2D eigenvalue weighted by molar-refractivity contribution is -0.137. The summed E-state index contributed by atoms with van der Waals surface area (Å²) >= 11 is 0. The van der Waals surface area contributed by atoms with Gasteiger partial charge in [0, 0.05) is 19.4 Å². The van der Waals surface area contributed by atoms with Crippen molar-refractivity contribution in [2.24, 2.45) is 34.6 Å². The van der Waals surface area contributed by atoms with Crippen LogP contribution in [0.4, 0.5) is 4.39 Å². The van der Waals surface area contributed by atoms with Gasteiger partial charge in [0.2, 0.25) is 65.0 Å². The molecule has 12 atom stereocenters. The molecule has 23 N–H and O–H groups in total. The number of aliphatic hydroxyl groups is 2. The third kappa shape index (κ3) is 26.9. The van der Waals surface area contributed by atoms with Gasteiger partial charge >= 0.3 is 0 Å². The zero-order chi connectivity index (χ0) is 63.8. The molecule has 1 aliphatic rings. The summed E-state index contributed by atoms with van der Waals surface area (Å²) in [6.07, 6.45) is -0.436. The third-order valence-corrected chi connectivity index (χ3v) is 13.8. The number of benzene rings is 1. The first-order chi connectivity index (χ1) is 40.3. The van der Waals surface area contributed by atoms with E-state index in [0.29, 0.717) is 12.0 Å². The van der Waals surface area contributed by atoms with Crippen LogP contribution in [0.15, 0.2) is 24.3 Å². The normalized spacial score (nSPS) is 22.5. The van der Waals surface area contributed by atoms with Crippen LogP contribution >= 0.6 is 0 Å². The summed E-state index contributed by atoms with van der Waals surface area (Å²) in [7, 11) is 0. The summed E-state index contributed by atoms with van der Waals surface area (Å²) in [4.78, 5) is 154. The third-order valence-electron chi connectivity index (χ3n) is 13.8. The Morgan fingerprint density at radius 3 is 1.56 bits per heavy atom. The van der Waals surface area contributed by atoms with Gasteiger partial charge in [-0.25, -0.2) is 4.39 Å². The van der Waals surface area contributed by atoms with Crippen molar-refractivity contribution in [3.63, 3.8) is 0 Å². The molecule has 30 heteroatoms. The number of unbranched alkanes of at least 4 members (excludes halogenated alkanes) is 4. The van der Waals surface area contributed by atoms with E-state index in [1.54, 1.807) is 13.8 Å². The Morgan fingerprint density at radius 2 is 1.06 bits per heavy atom. The van der Waals surface area contributed by atoms with Gasteiger partial charge in [0.15, 0.2) is 0 Å². The maximum atomic E-state index is 14.5. The number of carbonyl (C=O) groups is 11. The molecule has 480 valence electrons. The number of nitrogens with two attached hydrogens (primary N) is 5. The van der Waals surface area contributed by atoms with E-state index in [2.05, 4.69) is 65.4 Å². The number of nitrogens with one attached hydrogen (secondary N) is 11. The molecule has 29 nitrogen and oxygen atoms in total. The van der Waals surface area contributed by atoms with Crippen molar-refractivity contribution in [1.29, 1.82) is 0 Å². The minimum absolute atomic E-state index is 0.00478. The van der Waals surface area contributed by atoms with E-state index in [0.717, 1.165) is 37.8 Å². The molecule has 1 saturated heterocycles. The van der Waals surface area contributed by atoms with E-state index in [1.807, 2.05) is 0 Å². The van der Waals surface area contributed by atoms with Gasteiger partial charge in [-0.3, -0.25) is 52.7 Å². The number of carbonyl (C=O) groups excluding carboxylic acids is 11. The van der Waals surface area contributed by atoms with E-state index < -0.39 is 156 Å². The fourth-order valence-electron chi connectivity index (χ4n) is 9.03. The van der Waals surface area contributed by atoms with Crippen LogP contribution in [0.25, 0.3) is 0 Å². The predicted octanol–water partition coefficient (Wildman–Crippen LogP) is -5.35. The molecule has 0 saturated carbocycles. The highest BCUT2D eigenvalue weighted by Crippen LogP contribution is 2.13. The van der Waals surface area contributed by atoms with Gasteiger partial charge in [-0.2, -0.15) is 0 Å². The first-order valence-electron chi connectivity index (χ1n) is 29.3. The van der Waals surface area contributed by atoms with Crippen LogP contribution in [0.5, 0.6) is 0 Å². The summed E-state index contributed by atoms with van der Waals surface area (Å²) in [5.74, 6) is -11.0. The van der Waals surface area contributed by atoms with Gasteiger partial charge in [-0.05, 0) is 122 Å². The highest BCUT2D eigenvalue weighted by Gasteiger charge is 2.37. The topological polar surface area (TPSA) is 491 Å². The second-order valence-corrected chi connectivity index (χ2v) is 21.6. The summed E-state index contributed by atoms with van der Waals surface area (Å²) in [5.41, 5.74) is 29.6. The average Bonchev–Trinajstić information content (AvgIpc) is 3.67. The zero-order valence-corrected chi connectivity index (χ0v) is 49.6. The molecule has 0 unspecified atom stereocenters. The Bertz CT molecular complexity index is 2330. The van der Waals surface area contributed by atoms with Crippen LogP contribution in [0, 0.1) is 11.7 Å². The second-order valence-electron chi connectivity index (χ2n) is 21.6. The van der Waals surface area contributed by atoms with Crippen LogP contribution in [-0.4, -0.2) is 187 Å². The van der Waals surface area contributed by atoms with Crippen LogP contribution in [-0.2, 0) is 59.2 Å². The second kappa shape index (κ2) is 39.6. The Kier molecular flexibility index (Phi) is 34.6. The minimum Gasteiger partial charge on any atom is -0.391 e. The van der Waals surface area contributed by atoms with Crippen molar-refractivity contribution >= 4 is 65.0 Å². The smallest absolute Gasteiger partial charge is 0.245 e. The lowest BCUT2D eigenvalue weighted by atomic mass is 10.00. The molecule has 0 aromatic heterocycles. The van der Waals surface area contributed by atoms with Crippen molar-refractivity contribution in [3.05, 3.63) is 35.6 Å². The van der Waals surface area contributed by atoms with Crippen molar-refractivity contribution in [2.75, 3.05) is 39.3 Å². The zero-order valence-electron chi connectivity index (χ0n) is 49.6. The number of halogens is 1. The first kappa shape index (κ1) is 74.1. The molecule has 1 aromatic rings. The lowest BCUT2D eigenvalue weighted by Gasteiger charge is -2.29. The predicted molar refractivity (Wildman–Crippen MR) is 312 cm³/mol. The van der Waals surface area contributed by atoms with Gasteiger partial charge in [0.05, 0.1) is 12.2 Å². The molecule has 1 heterocycles. The van der Waals surface area contributed by atoms with E-state index >= 15 is 0 Å². The van der Waals surface area contributed by atoms with Gasteiger partial charge in [0.1, 0.15) is 66.2 Å². The monoisotopic (exact) mass is 1210 g/mol. The Morgan fingerprint density at radius 1 is 0.576 bits per heavy atom. The number of aliphatic hydroxyl groups excluding tert-OH is 2. The highest BCUT2D eigenvalue weighted by atomic mass is 19.1. The molecular formula is C55H95FN16O13. The Balaban J connectivity index is 2.70. The quantitative estimate of drug-likeness (QED) is 0.0333. The maximum absolute atomic E-state index is 14.5.